The molecule has 0 aliphatic rings. The Morgan fingerprint density at radius 2 is 1.33 bits per heavy atom. The number of halogens is 1. The van der Waals surface area contributed by atoms with Gasteiger partial charge in [0.2, 0.25) is 0 Å². The van der Waals surface area contributed by atoms with Crippen LogP contribution in [0.2, 0.25) is 0 Å². The number of para-hydroxylation sites is 2. The fraction of sp³-hybridized carbons (Fsp3) is 0.125. The van der Waals surface area contributed by atoms with Gasteiger partial charge in [0.05, 0.1) is 27.7 Å². The number of benzene rings is 2. The van der Waals surface area contributed by atoms with Crippen molar-refractivity contribution in [3.63, 3.8) is 0 Å². The largest absolute Gasteiger partial charge is 0.383 e. The van der Waals surface area contributed by atoms with Gasteiger partial charge in [-0.25, -0.2) is 9.36 Å². The Bertz CT molecular complexity index is 1370. The highest BCUT2D eigenvalue weighted by molar-refractivity contribution is 9.10. The molecular formula is C24H25BrN8. The van der Waals surface area contributed by atoms with E-state index in [4.69, 9.17) is 11.5 Å². The summed E-state index contributed by atoms with van der Waals surface area (Å²) < 4.78 is 6.10. The molecule has 0 saturated heterocycles. The lowest BCUT2D eigenvalue weighted by atomic mass is 10.2. The van der Waals surface area contributed by atoms with Crippen LogP contribution in [0.3, 0.4) is 0 Å². The van der Waals surface area contributed by atoms with Crippen LogP contribution < -0.4 is 11.5 Å². The number of hydrogen-bond acceptors (Lipinski definition) is 5. The normalized spacial score (nSPS) is 10.7. The minimum Gasteiger partial charge on any atom is -0.383 e. The van der Waals surface area contributed by atoms with E-state index in [-0.39, 0.29) is 0 Å². The van der Waals surface area contributed by atoms with Gasteiger partial charge in [-0.15, -0.1) is 0 Å². The van der Waals surface area contributed by atoms with Gasteiger partial charge >= 0.3 is 0 Å². The molecule has 8 nitrogen and oxygen atoms in total. The average Bonchev–Trinajstić information content (AvgIpc) is 3.48. The predicted molar refractivity (Wildman–Crippen MR) is 135 cm³/mol. The lowest BCUT2D eigenvalue weighted by molar-refractivity contribution is 0.768. The SMILES string of the molecule is Cc1c(-c2cnn(C)c2)nn(-c2ccccc2)c1N.Cc1nn(-c2ccccc2)c(N)c1Br. The van der Waals surface area contributed by atoms with E-state index < -0.39 is 0 Å². The fourth-order valence-electron chi connectivity index (χ4n) is 3.38. The maximum atomic E-state index is 6.15. The highest BCUT2D eigenvalue weighted by Crippen LogP contribution is 2.28. The van der Waals surface area contributed by atoms with Crippen LogP contribution in [0.5, 0.6) is 0 Å². The summed E-state index contributed by atoms with van der Waals surface area (Å²) in [5.41, 5.74) is 17.7. The minimum atomic E-state index is 0.633. The van der Waals surface area contributed by atoms with E-state index in [9.17, 15) is 0 Å². The van der Waals surface area contributed by atoms with Gasteiger partial charge in [-0.1, -0.05) is 36.4 Å². The summed E-state index contributed by atoms with van der Waals surface area (Å²) in [5.74, 6) is 1.29. The first kappa shape index (κ1) is 22.3. The summed E-state index contributed by atoms with van der Waals surface area (Å²) in [6.45, 7) is 3.89. The van der Waals surface area contributed by atoms with E-state index in [1.807, 2.05) is 87.8 Å². The number of nitrogens with two attached hydrogens (primary N) is 2. The van der Waals surface area contributed by atoms with Crippen molar-refractivity contribution in [2.75, 3.05) is 11.5 Å². The van der Waals surface area contributed by atoms with Crippen molar-refractivity contribution in [3.05, 3.63) is 88.8 Å². The Hall–Kier alpha value is -3.85. The van der Waals surface area contributed by atoms with E-state index >= 15 is 0 Å². The van der Waals surface area contributed by atoms with E-state index in [0.29, 0.717) is 11.6 Å². The number of anilines is 2. The molecule has 9 heteroatoms. The third-order valence-electron chi connectivity index (χ3n) is 5.17. The summed E-state index contributed by atoms with van der Waals surface area (Å²) in [4.78, 5) is 0. The molecule has 3 heterocycles. The summed E-state index contributed by atoms with van der Waals surface area (Å²) in [5, 5.41) is 13.1. The molecule has 0 fully saturated rings. The minimum absolute atomic E-state index is 0.633. The topological polar surface area (TPSA) is 105 Å². The lowest BCUT2D eigenvalue weighted by Gasteiger charge is -2.02. The van der Waals surface area contributed by atoms with Crippen molar-refractivity contribution in [1.29, 1.82) is 0 Å². The molecule has 0 unspecified atom stereocenters. The number of nitrogen functional groups attached to an aromatic ring is 2. The first-order chi connectivity index (χ1) is 15.9. The van der Waals surface area contributed by atoms with Crippen LogP contribution in [0, 0.1) is 13.8 Å². The molecule has 0 aliphatic heterocycles. The number of hydrogen-bond donors (Lipinski definition) is 2. The molecule has 168 valence electrons. The Morgan fingerprint density at radius 1 is 0.788 bits per heavy atom. The second-order valence-electron chi connectivity index (χ2n) is 7.54. The fourth-order valence-corrected chi connectivity index (χ4v) is 3.63. The molecule has 5 rings (SSSR count). The van der Waals surface area contributed by atoms with Gasteiger partial charge < -0.3 is 11.5 Å². The van der Waals surface area contributed by atoms with E-state index in [2.05, 4.69) is 31.2 Å². The first-order valence-electron chi connectivity index (χ1n) is 10.3. The maximum Gasteiger partial charge on any atom is 0.141 e. The quantitative estimate of drug-likeness (QED) is 0.370. The van der Waals surface area contributed by atoms with Gasteiger partial charge in [0, 0.05) is 24.4 Å². The van der Waals surface area contributed by atoms with Gasteiger partial charge in [-0.3, -0.25) is 4.68 Å². The van der Waals surface area contributed by atoms with Crippen molar-refractivity contribution < 1.29 is 0 Å². The molecule has 5 aromatic rings. The molecule has 0 radical (unpaired) electrons. The van der Waals surface area contributed by atoms with Gasteiger partial charge in [0.25, 0.3) is 0 Å². The average molecular weight is 505 g/mol. The van der Waals surface area contributed by atoms with Crippen molar-refractivity contribution in [2.45, 2.75) is 13.8 Å². The third-order valence-corrected chi connectivity index (χ3v) is 6.15. The molecule has 0 saturated carbocycles. The third kappa shape index (κ3) is 4.54. The molecule has 0 bridgehead atoms. The van der Waals surface area contributed by atoms with Crippen LogP contribution in [0.1, 0.15) is 11.3 Å². The molecule has 4 N–H and O–H groups in total. The Kier molecular flexibility index (Phi) is 6.32. The zero-order valence-corrected chi connectivity index (χ0v) is 20.2. The van der Waals surface area contributed by atoms with E-state index in [1.54, 1.807) is 20.2 Å². The summed E-state index contributed by atoms with van der Waals surface area (Å²) >= 11 is 3.39. The van der Waals surface area contributed by atoms with Crippen molar-refractivity contribution >= 4 is 27.6 Å². The Balaban J connectivity index is 0.000000165. The summed E-state index contributed by atoms with van der Waals surface area (Å²) in [6.07, 6.45) is 3.73. The van der Waals surface area contributed by atoms with E-state index in [1.165, 1.54) is 0 Å². The molecule has 0 aliphatic carbocycles. The lowest BCUT2D eigenvalue weighted by Crippen LogP contribution is -2.01. The van der Waals surface area contributed by atoms with Crippen LogP contribution in [0.4, 0.5) is 11.6 Å². The number of rotatable bonds is 3. The molecule has 3 aromatic heterocycles. The van der Waals surface area contributed by atoms with Crippen LogP contribution in [-0.2, 0) is 7.05 Å². The number of nitrogens with zero attached hydrogens (tertiary/aromatic N) is 6. The zero-order chi connectivity index (χ0) is 23.5. The van der Waals surface area contributed by atoms with Gasteiger partial charge in [-0.2, -0.15) is 15.3 Å². The monoisotopic (exact) mass is 504 g/mol. The molecule has 0 spiro atoms. The van der Waals surface area contributed by atoms with E-state index in [0.717, 1.165) is 38.4 Å². The smallest absolute Gasteiger partial charge is 0.141 e. The second kappa shape index (κ2) is 9.33. The van der Waals surface area contributed by atoms with Gasteiger partial charge in [0.15, 0.2) is 0 Å². The zero-order valence-electron chi connectivity index (χ0n) is 18.6. The molecule has 2 aromatic carbocycles. The highest BCUT2D eigenvalue weighted by Gasteiger charge is 2.15. The first-order valence-corrected chi connectivity index (χ1v) is 11.1. The predicted octanol–water partition coefficient (Wildman–Crippen LogP) is 4.69. The van der Waals surface area contributed by atoms with Crippen molar-refractivity contribution in [1.82, 2.24) is 29.3 Å². The molecule has 0 atom stereocenters. The van der Waals surface area contributed by atoms with Crippen LogP contribution >= 0.6 is 15.9 Å². The summed E-state index contributed by atoms with van der Waals surface area (Å²) in [7, 11) is 1.89. The van der Waals surface area contributed by atoms with Crippen LogP contribution in [-0.4, -0.2) is 29.3 Å². The van der Waals surface area contributed by atoms with Crippen molar-refractivity contribution in [2.24, 2.45) is 7.05 Å². The highest BCUT2D eigenvalue weighted by atomic mass is 79.9. The standard InChI is InChI=1S/C14H15N5.C10H10BrN3/c1-10-13(11-8-16-18(2)9-11)17-19(14(10)15)12-6-4-3-5-7-12;1-7-9(11)10(12)14(13-7)8-5-3-2-4-6-8/h3-9H,15H2,1-2H3;2-6H,12H2,1H3. The second-order valence-corrected chi connectivity index (χ2v) is 8.33. The van der Waals surface area contributed by atoms with Crippen LogP contribution in [0.15, 0.2) is 77.5 Å². The van der Waals surface area contributed by atoms with Gasteiger partial charge in [-0.05, 0) is 54.0 Å². The number of aromatic nitrogens is 6. The molecule has 33 heavy (non-hydrogen) atoms. The summed E-state index contributed by atoms with van der Waals surface area (Å²) in [6, 6.07) is 19.7. The Morgan fingerprint density at radius 3 is 1.79 bits per heavy atom. The van der Waals surface area contributed by atoms with Gasteiger partial charge in [0.1, 0.15) is 17.3 Å². The number of aryl methyl sites for hydroxylation is 2. The maximum absolute atomic E-state index is 6.15. The molecule has 0 amide bonds. The molecular weight excluding hydrogens is 480 g/mol. The Labute approximate surface area is 200 Å². The van der Waals surface area contributed by atoms with Crippen LogP contribution in [0.25, 0.3) is 22.6 Å². The van der Waals surface area contributed by atoms with Crippen molar-refractivity contribution in [3.8, 4) is 22.6 Å².